The van der Waals surface area contributed by atoms with E-state index in [0.717, 1.165) is 15.7 Å². The average Bonchev–Trinajstić information content (AvgIpc) is 3.40. The van der Waals surface area contributed by atoms with Crippen molar-refractivity contribution in [1.82, 2.24) is 9.13 Å². The quantitative estimate of drug-likeness (QED) is 0.124. The minimum absolute atomic E-state index is 0.0774. The molecule has 1 saturated heterocycles. The van der Waals surface area contributed by atoms with Crippen LogP contribution in [0, 0.1) is 6.92 Å². The lowest BCUT2D eigenvalue weighted by atomic mass is 10.1. The van der Waals surface area contributed by atoms with Crippen LogP contribution in [0.2, 0.25) is 20.1 Å². The van der Waals surface area contributed by atoms with Crippen LogP contribution in [0.3, 0.4) is 0 Å². The second kappa shape index (κ2) is 17.3. The molecule has 0 radical (unpaired) electrons. The van der Waals surface area contributed by atoms with Crippen molar-refractivity contribution in [1.29, 1.82) is 0 Å². The monoisotopic (exact) mass is 736 g/mol. The van der Waals surface area contributed by atoms with Gasteiger partial charge in [-0.15, -0.1) is 0 Å². The van der Waals surface area contributed by atoms with E-state index < -0.39 is 35.8 Å². The van der Waals surface area contributed by atoms with E-state index in [0.29, 0.717) is 44.2 Å². The van der Waals surface area contributed by atoms with Gasteiger partial charge in [-0.1, -0.05) is 95.8 Å². The van der Waals surface area contributed by atoms with E-state index in [-0.39, 0.29) is 33.2 Å². The van der Waals surface area contributed by atoms with Crippen molar-refractivity contribution in [3.63, 3.8) is 0 Å². The molecule has 13 heteroatoms. The molecule has 0 amide bonds. The molecule has 2 heterocycles. The number of hydrogen-bond acceptors (Lipinski definition) is 7. The fourth-order valence-corrected chi connectivity index (χ4v) is 6.26. The van der Waals surface area contributed by atoms with Gasteiger partial charge in [0.15, 0.2) is 6.23 Å². The van der Waals surface area contributed by atoms with Gasteiger partial charge in [0.1, 0.15) is 25.0 Å². The second-order valence-electron chi connectivity index (χ2n) is 11.4. The highest BCUT2D eigenvalue weighted by molar-refractivity contribution is 6.35. The lowest BCUT2D eigenvalue weighted by molar-refractivity contribution is -0.0867. The van der Waals surface area contributed by atoms with Gasteiger partial charge in [-0.05, 0) is 54.3 Å². The van der Waals surface area contributed by atoms with E-state index in [9.17, 15) is 9.59 Å². The van der Waals surface area contributed by atoms with Crippen molar-refractivity contribution in [2.75, 3.05) is 13.2 Å². The molecule has 0 saturated carbocycles. The van der Waals surface area contributed by atoms with Crippen molar-refractivity contribution < 1.29 is 23.7 Å². The third kappa shape index (κ3) is 9.09. The Bertz CT molecular complexity index is 1800. The number of rotatable bonds is 15. The molecule has 48 heavy (non-hydrogen) atoms. The first-order valence-electron chi connectivity index (χ1n) is 15.4. The summed E-state index contributed by atoms with van der Waals surface area (Å²) < 4.78 is 33.6. The zero-order valence-corrected chi connectivity index (χ0v) is 29.5. The summed E-state index contributed by atoms with van der Waals surface area (Å²) >= 11 is 25.0. The maximum Gasteiger partial charge on any atom is 0.335 e. The third-order valence-corrected chi connectivity index (χ3v) is 8.95. The predicted molar refractivity (Wildman–Crippen MR) is 186 cm³/mol. The Morgan fingerprint density at radius 3 is 2.10 bits per heavy atom. The highest BCUT2D eigenvalue weighted by Crippen LogP contribution is 2.35. The van der Waals surface area contributed by atoms with E-state index in [1.165, 1.54) is 10.8 Å². The summed E-state index contributed by atoms with van der Waals surface area (Å²) in [5.74, 6) is 0. The van der Waals surface area contributed by atoms with Gasteiger partial charge in [-0.2, -0.15) is 0 Å². The Labute approximate surface area is 298 Å². The zero-order valence-electron chi connectivity index (χ0n) is 26.5. The molecule has 5 rings (SSSR count). The molecular formula is C35H36Cl4N2O7. The highest BCUT2D eigenvalue weighted by Gasteiger charge is 2.48. The molecule has 1 aromatic heterocycles. The maximum absolute atomic E-state index is 13.9. The summed E-state index contributed by atoms with van der Waals surface area (Å²) in [4.78, 5) is 27.0. The van der Waals surface area contributed by atoms with Crippen molar-refractivity contribution in [3.8, 4) is 0 Å². The molecule has 256 valence electrons. The van der Waals surface area contributed by atoms with Crippen LogP contribution >= 0.6 is 46.4 Å². The molecule has 0 aliphatic carbocycles. The first-order chi connectivity index (χ1) is 23.2. The highest BCUT2D eigenvalue weighted by atomic mass is 35.5. The Morgan fingerprint density at radius 2 is 1.46 bits per heavy atom. The standard InChI is InChI=1S/C35H36Cl4N2O7/c1-3-13-46-32-31(47-19-25-10-12-27(37)15-29(25)39)30(20-44-18-24-9-11-26(36)14-28(24)38)48-34(32)40-16-22(2)33(42)41(35(40)43)21-45-17-23-7-5-4-6-8-23/h4-12,14-16,30-32,34H,3,13,17-21H2,1-2H3/t30-,31-,32-,34-/m1/s1. The van der Waals surface area contributed by atoms with Gasteiger partial charge in [-0.3, -0.25) is 9.36 Å². The number of aromatic nitrogens is 2. The summed E-state index contributed by atoms with van der Waals surface area (Å²) in [6.07, 6.45) is -0.906. The molecule has 1 fully saturated rings. The summed E-state index contributed by atoms with van der Waals surface area (Å²) in [6, 6.07) is 19.8. The predicted octanol–water partition coefficient (Wildman–Crippen LogP) is 7.60. The summed E-state index contributed by atoms with van der Waals surface area (Å²) in [7, 11) is 0. The van der Waals surface area contributed by atoms with E-state index in [1.807, 2.05) is 37.3 Å². The minimum atomic E-state index is -0.956. The van der Waals surface area contributed by atoms with Crippen LogP contribution in [0.15, 0.2) is 82.5 Å². The number of ether oxygens (including phenoxy) is 5. The number of nitrogens with zero attached hydrogens (tertiary/aromatic N) is 2. The first-order valence-corrected chi connectivity index (χ1v) is 17.0. The first kappa shape index (κ1) is 36.6. The summed E-state index contributed by atoms with van der Waals surface area (Å²) in [6.45, 7) is 4.33. The summed E-state index contributed by atoms with van der Waals surface area (Å²) in [5.41, 5.74) is 1.63. The van der Waals surface area contributed by atoms with Crippen LogP contribution in [-0.4, -0.2) is 40.7 Å². The van der Waals surface area contributed by atoms with Crippen molar-refractivity contribution in [3.05, 3.63) is 136 Å². The van der Waals surface area contributed by atoms with E-state index >= 15 is 0 Å². The fraction of sp³-hybridized carbons (Fsp3) is 0.371. The van der Waals surface area contributed by atoms with Crippen LogP contribution in [0.4, 0.5) is 0 Å². The topological polar surface area (TPSA) is 90.2 Å². The minimum Gasteiger partial charge on any atom is -0.374 e. The molecule has 3 aromatic carbocycles. The number of aryl methyl sites for hydroxylation is 1. The molecule has 4 aromatic rings. The van der Waals surface area contributed by atoms with E-state index in [1.54, 1.807) is 43.3 Å². The second-order valence-corrected chi connectivity index (χ2v) is 13.0. The average molecular weight is 738 g/mol. The molecule has 4 atom stereocenters. The molecule has 1 aliphatic heterocycles. The Morgan fingerprint density at radius 1 is 0.792 bits per heavy atom. The van der Waals surface area contributed by atoms with Crippen LogP contribution in [0.25, 0.3) is 0 Å². The largest absolute Gasteiger partial charge is 0.374 e. The normalized spacial score (nSPS) is 19.2. The van der Waals surface area contributed by atoms with Gasteiger partial charge >= 0.3 is 5.69 Å². The van der Waals surface area contributed by atoms with Crippen LogP contribution in [-0.2, 0) is 50.2 Å². The van der Waals surface area contributed by atoms with Crippen LogP contribution < -0.4 is 11.2 Å². The number of halogens is 4. The van der Waals surface area contributed by atoms with E-state index in [2.05, 4.69) is 0 Å². The number of hydrogen-bond donors (Lipinski definition) is 0. The van der Waals surface area contributed by atoms with Crippen molar-refractivity contribution in [2.45, 2.75) is 71.4 Å². The fourth-order valence-electron chi connectivity index (χ4n) is 5.33. The zero-order chi connectivity index (χ0) is 34.2. The van der Waals surface area contributed by atoms with Crippen LogP contribution in [0.1, 0.15) is 41.8 Å². The van der Waals surface area contributed by atoms with Gasteiger partial charge in [0.05, 0.1) is 26.4 Å². The molecule has 1 aliphatic rings. The van der Waals surface area contributed by atoms with Gasteiger partial charge in [0, 0.05) is 38.5 Å². The maximum atomic E-state index is 13.9. The van der Waals surface area contributed by atoms with Crippen LogP contribution in [0.5, 0.6) is 0 Å². The van der Waals surface area contributed by atoms with Gasteiger partial charge < -0.3 is 23.7 Å². The molecule has 0 N–H and O–H groups in total. The van der Waals surface area contributed by atoms with Gasteiger partial charge in [0.2, 0.25) is 0 Å². The Balaban J connectivity index is 1.43. The summed E-state index contributed by atoms with van der Waals surface area (Å²) in [5, 5.41) is 1.94. The Hall–Kier alpha value is -2.70. The van der Waals surface area contributed by atoms with Gasteiger partial charge in [-0.25, -0.2) is 9.36 Å². The molecule has 9 nitrogen and oxygen atoms in total. The van der Waals surface area contributed by atoms with Gasteiger partial charge in [0.25, 0.3) is 5.56 Å². The number of benzene rings is 3. The lowest BCUT2D eigenvalue weighted by Crippen LogP contribution is -2.45. The lowest BCUT2D eigenvalue weighted by Gasteiger charge is -2.26. The third-order valence-electron chi connectivity index (χ3n) is 7.77. The smallest absolute Gasteiger partial charge is 0.335 e. The molecular weight excluding hydrogens is 702 g/mol. The Kier molecular flexibility index (Phi) is 13.2. The SMILES string of the molecule is CCCO[C@@H]1[C@H](OCc2ccc(Cl)cc2Cl)[C@@H](COCc2ccc(Cl)cc2Cl)O[C@H]1n1cc(C)c(=O)n(COCc2ccccc2)c1=O. The molecule has 0 bridgehead atoms. The van der Waals surface area contributed by atoms with E-state index in [4.69, 9.17) is 70.1 Å². The van der Waals surface area contributed by atoms with Crippen molar-refractivity contribution >= 4 is 46.4 Å². The molecule has 0 unspecified atom stereocenters. The molecule has 0 spiro atoms. The van der Waals surface area contributed by atoms with Crippen molar-refractivity contribution in [2.24, 2.45) is 0 Å².